The fourth-order valence-electron chi connectivity index (χ4n) is 14.9. The average Bonchev–Trinajstić information content (AvgIpc) is 1.57. The van der Waals surface area contributed by atoms with Crippen LogP contribution in [0, 0.1) is 0 Å². The van der Waals surface area contributed by atoms with Gasteiger partial charge in [0, 0.05) is 0 Å². The summed E-state index contributed by atoms with van der Waals surface area (Å²) in [5.74, 6) is 0. The quantitative estimate of drug-likeness (QED) is 0.102. The Morgan fingerprint density at radius 2 is 0.247 bits per heavy atom. The van der Waals surface area contributed by atoms with Crippen molar-refractivity contribution in [1.82, 2.24) is 0 Å². The molecule has 0 spiro atoms. The van der Waals surface area contributed by atoms with Crippen molar-refractivity contribution in [1.29, 1.82) is 0 Å². The van der Waals surface area contributed by atoms with Crippen LogP contribution in [0.15, 0.2) is 400 Å². The molecule has 0 nitrogen and oxygen atoms in total. The lowest BCUT2D eigenvalue weighted by atomic mass is 9.66. The Morgan fingerprint density at radius 1 is 0.113 bits per heavy atom. The Balaban J connectivity index is 1.01. The number of hydrogen-bond donors (Lipinski definition) is 0. The van der Waals surface area contributed by atoms with E-state index < -0.39 is 5.41 Å². The third-order valence-electron chi connectivity index (χ3n) is 19.6. The molecule has 16 aromatic carbocycles. The van der Waals surface area contributed by atoms with Crippen molar-refractivity contribution in [2.24, 2.45) is 0 Å². The minimum Gasteiger partial charge on any atom is -0.0622 e. The Labute approximate surface area is 569 Å². The van der Waals surface area contributed by atoms with E-state index >= 15 is 0 Å². The van der Waals surface area contributed by atoms with Gasteiger partial charge in [0.15, 0.2) is 0 Å². The van der Waals surface area contributed by atoms with E-state index in [1.165, 1.54) is 77.9 Å². The van der Waals surface area contributed by atoms with Crippen molar-refractivity contribution in [2.75, 3.05) is 0 Å². The highest BCUT2D eigenvalue weighted by molar-refractivity contribution is 5.93. The Bertz CT molecular complexity index is 4640. The molecule has 0 saturated carbocycles. The van der Waals surface area contributed by atoms with Gasteiger partial charge in [-0.25, -0.2) is 0 Å². The van der Waals surface area contributed by atoms with Crippen molar-refractivity contribution in [3.63, 3.8) is 0 Å². The van der Waals surface area contributed by atoms with Crippen LogP contribution in [0.1, 0.15) is 22.3 Å². The molecule has 0 unspecified atom stereocenters. The molecule has 1 aliphatic rings. The van der Waals surface area contributed by atoms with Gasteiger partial charge in [-0.05, 0) is 276 Å². The SMILES string of the molecule is c1ccc(-c2cc(-c3ccccc3)cc(-c3cc(-c4cc(-c5ccccc5)cc(-c5ccccc5)c4)cc(C4(c5cc(-c6cc(-c7ccccc7)cc(-c7ccccc7)c6)cc(-c6cc(-c7ccccc7)cc(-c7ccccc7)c6)c5)c5ccccc5-c5ccccc54)c3)c2)cc1. The molecule has 17 rings (SSSR count). The zero-order chi connectivity index (χ0) is 64.5. The van der Waals surface area contributed by atoms with Gasteiger partial charge in [-0.15, -0.1) is 0 Å². The van der Waals surface area contributed by atoms with Crippen LogP contribution in [-0.4, -0.2) is 0 Å². The van der Waals surface area contributed by atoms with Gasteiger partial charge in [0.05, 0.1) is 5.41 Å². The van der Waals surface area contributed by atoms with E-state index in [0.29, 0.717) is 0 Å². The normalized spacial score (nSPS) is 12.0. The molecular weight excluding hydrogens is 1170 g/mol. The van der Waals surface area contributed by atoms with Crippen LogP contribution in [0.5, 0.6) is 0 Å². The highest BCUT2D eigenvalue weighted by Gasteiger charge is 2.47. The molecule has 0 N–H and O–H groups in total. The molecule has 0 atom stereocenters. The lowest BCUT2D eigenvalue weighted by molar-refractivity contribution is 0.770. The second-order valence-corrected chi connectivity index (χ2v) is 25.6. The maximum Gasteiger partial charge on any atom is 0.0714 e. The fourth-order valence-corrected chi connectivity index (χ4v) is 14.9. The van der Waals surface area contributed by atoms with Crippen LogP contribution < -0.4 is 0 Å². The molecule has 97 heavy (non-hydrogen) atoms. The number of fused-ring (bicyclic) bond motifs is 3. The van der Waals surface area contributed by atoms with E-state index in [2.05, 4.69) is 400 Å². The Morgan fingerprint density at radius 3 is 0.423 bits per heavy atom. The minimum atomic E-state index is -0.889. The monoisotopic (exact) mass is 1230 g/mol. The molecule has 16 aromatic rings. The number of benzene rings is 16. The average molecular weight is 1230 g/mol. The third-order valence-corrected chi connectivity index (χ3v) is 19.6. The largest absolute Gasteiger partial charge is 0.0714 e. The lowest BCUT2D eigenvalue weighted by Gasteiger charge is -2.35. The first-order valence-electron chi connectivity index (χ1n) is 33.6. The molecule has 0 aromatic heterocycles. The van der Waals surface area contributed by atoms with Crippen molar-refractivity contribution < 1.29 is 0 Å². The first kappa shape index (κ1) is 58.3. The molecular formula is C97H66. The van der Waals surface area contributed by atoms with E-state index in [1.54, 1.807) is 0 Å². The maximum absolute atomic E-state index is 2.54. The Kier molecular flexibility index (Phi) is 15.3. The van der Waals surface area contributed by atoms with Crippen LogP contribution >= 0.6 is 0 Å². The van der Waals surface area contributed by atoms with Gasteiger partial charge >= 0.3 is 0 Å². The summed E-state index contributed by atoms with van der Waals surface area (Å²) in [6.45, 7) is 0. The van der Waals surface area contributed by atoms with Gasteiger partial charge in [-0.1, -0.05) is 291 Å². The summed E-state index contributed by atoms with van der Waals surface area (Å²) >= 11 is 0. The second kappa shape index (κ2) is 25.4. The summed E-state index contributed by atoms with van der Waals surface area (Å²) in [7, 11) is 0. The zero-order valence-corrected chi connectivity index (χ0v) is 53.6. The summed E-state index contributed by atoms with van der Waals surface area (Å²) in [6, 6.07) is 149. The molecule has 0 fully saturated rings. The van der Waals surface area contributed by atoms with Crippen LogP contribution in [0.4, 0.5) is 0 Å². The molecule has 0 bridgehead atoms. The van der Waals surface area contributed by atoms with Gasteiger partial charge < -0.3 is 0 Å². The topological polar surface area (TPSA) is 0 Å². The van der Waals surface area contributed by atoms with E-state index in [4.69, 9.17) is 0 Å². The first-order chi connectivity index (χ1) is 48.0. The standard InChI is InChI=1S/C97H66/c1-9-29-67(30-10-1)75-49-76(68-31-11-2-12-32-68)54-83(53-75)87-61-88(84-55-77(69-33-13-3-14-34-69)50-78(56-84)70-35-15-4-16-36-70)64-91(63-87)97(95-47-27-25-45-93(95)94-46-26-28-48-96(94)97)92-65-89(85-57-79(71-37-17-5-18-38-71)51-80(58-85)72-39-19-6-20-40-72)62-90(66-92)86-59-81(73-41-21-7-22-42-73)52-82(60-86)74-43-23-8-24-44-74/h1-66H. The minimum absolute atomic E-state index is 0.889. The molecule has 0 saturated heterocycles. The summed E-state index contributed by atoms with van der Waals surface area (Å²) in [5, 5.41) is 0. The lowest BCUT2D eigenvalue weighted by Crippen LogP contribution is -2.29. The van der Waals surface area contributed by atoms with Crippen molar-refractivity contribution >= 4 is 0 Å². The molecule has 1 aliphatic carbocycles. The van der Waals surface area contributed by atoms with Crippen LogP contribution in [0.2, 0.25) is 0 Å². The molecule has 0 heterocycles. The van der Waals surface area contributed by atoms with Gasteiger partial charge in [-0.2, -0.15) is 0 Å². The highest BCUT2D eigenvalue weighted by Crippen LogP contribution is 2.58. The zero-order valence-electron chi connectivity index (χ0n) is 53.6. The molecule has 0 radical (unpaired) electrons. The van der Waals surface area contributed by atoms with Gasteiger partial charge in [0.1, 0.15) is 0 Å². The van der Waals surface area contributed by atoms with Crippen molar-refractivity contribution in [2.45, 2.75) is 5.41 Å². The Hall–Kier alpha value is -12.5. The van der Waals surface area contributed by atoms with E-state index in [0.717, 1.165) is 89.0 Å². The van der Waals surface area contributed by atoms with E-state index in [9.17, 15) is 0 Å². The van der Waals surface area contributed by atoms with Crippen LogP contribution in [0.3, 0.4) is 0 Å². The van der Waals surface area contributed by atoms with Crippen LogP contribution in [-0.2, 0) is 5.41 Å². The van der Waals surface area contributed by atoms with Crippen molar-refractivity contribution in [3.8, 4) is 145 Å². The maximum atomic E-state index is 2.54. The predicted octanol–water partition coefficient (Wildman–Crippen LogP) is 26.1. The van der Waals surface area contributed by atoms with Gasteiger partial charge in [0.2, 0.25) is 0 Å². The molecule has 0 aliphatic heterocycles. The van der Waals surface area contributed by atoms with Crippen molar-refractivity contribution in [3.05, 3.63) is 423 Å². The molecule has 0 amide bonds. The molecule has 0 heteroatoms. The van der Waals surface area contributed by atoms with Crippen LogP contribution in [0.25, 0.3) is 145 Å². The second-order valence-electron chi connectivity index (χ2n) is 25.6. The molecule has 454 valence electrons. The third kappa shape index (κ3) is 11.3. The number of rotatable bonds is 14. The van der Waals surface area contributed by atoms with E-state index in [-0.39, 0.29) is 0 Å². The predicted molar refractivity (Wildman–Crippen MR) is 409 cm³/mol. The van der Waals surface area contributed by atoms with E-state index in [1.807, 2.05) is 0 Å². The summed E-state index contributed by atoms with van der Waals surface area (Å²) in [6.07, 6.45) is 0. The van der Waals surface area contributed by atoms with Gasteiger partial charge in [-0.3, -0.25) is 0 Å². The number of hydrogen-bond acceptors (Lipinski definition) is 0. The highest BCUT2D eigenvalue weighted by atomic mass is 14.5. The first-order valence-corrected chi connectivity index (χ1v) is 33.6. The smallest absolute Gasteiger partial charge is 0.0622 e. The fraction of sp³-hybridized carbons (Fsp3) is 0.0103. The summed E-state index contributed by atoms with van der Waals surface area (Å²) < 4.78 is 0. The summed E-state index contributed by atoms with van der Waals surface area (Å²) in [5.41, 5.74) is 34.0. The summed E-state index contributed by atoms with van der Waals surface area (Å²) in [4.78, 5) is 0. The van der Waals surface area contributed by atoms with Gasteiger partial charge in [0.25, 0.3) is 0 Å².